The molecule has 5 aliphatic rings. The van der Waals surface area contributed by atoms with E-state index in [1.54, 1.807) is 0 Å². The summed E-state index contributed by atoms with van der Waals surface area (Å²) < 4.78 is 6.39. The van der Waals surface area contributed by atoms with Crippen molar-refractivity contribution in [2.45, 2.75) is 90.4 Å². The van der Waals surface area contributed by atoms with Gasteiger partial charge in [0, 0.05) is 17.8 Å². The molecule has 3 heteroatoms. The van der Waals surface area contributed by atoms with Gasteiger partial charge in [-0.3, -0.25) is 4.79 Å². The van der Waals surface area contributed by atoms with Crippen molar-refractivity contribution in [1.29, 1.82) is 0 Å². The van der Waals surface area contributed by atoms with Crippen LogP contribution in [0.1, 0.15) is 72.6 Å². The van der Waals surface area contributed by atoms with Crippen LogP contribution in [0.5, 0.6) is 0 Å². The summed E-state index contributed by atoms with van der Waals surface area (Å²) in [5, 5.41) is 10.3. The van der Waals surface area contributed by atoms with Crippen LogP contribution in [-0.4, -0.2) is 28.7 Å². The zero-order valence-electron chi connectivity index (χ0n) is 16.3. The predicted molar refractivity (Wildman–Crippen MR) is 95.9 cm³/mol. The normalized spacial score (nSPS) is 62.4. The summed E-state index contributed by atoms with van der Waals surface area (Å²) in [6, 6.07) is 0. The molecular formula is C22H34O3. The first-order valence-corrected chi connectivity index (χ1v) is 10.6. The Morgan fingerprint density at radius 2 is 1.88 bits per heavy atom. The minimum absolute atomic E-state index is 0.0240. The van der Waals surface area contributed by atoms with Gasteiger partial charge < -0.3 is 9.84 Å². The van der Waals surface area contributed by atoms with Gasteiger partial charge in [0.25, 0.3) is 0 Å². The van der Waals surface area contributed by atoms with Gasteiger partial charge in [-0.05, 0) is 74.5 Å². The van der Waals surface area contributed by atoms with Crippen molar-refractivity contribution in [2.24, 2.45) is 40.4 Å². The van der Waals surface area contributed by atoms with Gasteiger partial charge in [0.15, 0.2) is 0 Å². The molecule has 4 saturated carbocycles. The van der Waals surface area contributed by atoms with E-state index in [2.05, 4.69) is 20.8 Å². The molecule has 0 amide bonds. The van der Waals surface area contributed by atoms with Crippen LogP contribution in [0, 0.1) is 40.4 Å². The predicted octanol–water partition coefficient (Wildman–Crippen LogP) is 3.97. The molecule has 0 unspecified atom stereocenters. The number of ether oxygens (including phenoxy) is 1. The second-order valence-corrected chi connectivity index (χ2v) is 10.8. The van der Waals surface area contributed by atoms with Crippen LogP contribution in [0.3, 0.4) is 0 Å². The number of rotatable bonds is 1. The highest BCUT2D eigenvalue weighted by atomic mass is 16.6. The highest BCUT2D eigenvalue weighted by Gasteiger charge is 2.76. The number of ketones is 1. The number of carbonyl (C=O) groups excluding carboxylic acids is 1. The maximum Gasteiger partial charge on any atom is 0.133 e. The Balaban J connectivity index is 1.51. The zero-order valence-corrected chi connectivity index (χ0v) is 16.3. The van der Waals surface area contributed by atoms with Crippen LogP contribution in [-0.2, 0) is 9.53 Å². The summed E-state index contributed by atoms with van der Waals surface area (Å²) in [7, 11) is 0. The highest BCUT2D eigenvalue weighted by Crippen LogP contribution is 2.74. The van der Waals surface area contributed by atoms with Gasteiger partial charge in [-0.15, -0.1) is 0 Å². The number of fused-ring (bicyclic) bond motifs is 4. The molecule has 0 radical (unpaired) electrons. The first-order chi connectivity index (χ1) is 11.7. The van der Waals surface area contributed by atoms with Crippen molar-refractivity contribution in [2.75, 3.05) is 0 Å². The molecule has 1 saturated heterocycles. The van der Waals surface area contributed by atoms with E-state index >= 15 is 0 Å². The van der Waals surface area contributed by atoms with Gasteiger partial charge in [0.2, 0.25) is 0 Å². The van der Waals surface area contributed by atoms with Crippen molar-refractivity contribution in [3.63, 3.8) is 0 Å². The first kappa shape index (κ1) is 16.7. The van der Waals surface area contributed by atoms with Crippen LogP contribution < -0.4 is 0 Å². The van der Waals surface area contributed by atoms with Gasteiger partial charge in [0.05, 0.1) is 12.2 Å². The number of aliphatic hydroxyl groups excluding tert-OH is 1. The Morgan fingerprint density at radius 1 is 1.12 bits per heavy atom. The molecule has 0 aromatic carbocycles. The molecular weight excluding hydrogens is 312 g/mol. The van der Waals surface area contributed by atoms with Crippen LogP contribution >= 0.6 is 0 Å². The number of hydrogen-bond donors (Lipinski definition) is 1. The van der Waals surface area contributed by atoms with Crippen LogP contribution in [0.2, 0.25) is 0 Å². The first-order valence-electron chi connectivity index (χ1n) is 10.6. The second kappa shape index (κ2) is 4.90. The van der Waals surface area contributed by atoms with E-state index in [4.69, 9.17) is 4.74 Å². The maximum absolute atomic E-state index is 12.4. The van der Waals surface area contributed by atoms with Crippen molar-refractivity contribution in [3.05, 3.63) is 0 Å². The standard InChI is InChI=1S/C22H34O3/c1-12-9-17-15-10-18-22(25-18)11-14(24)5-8-21(22,4)16(15)6-7-20(17,3)19(12)13(2)23/h12,14-19,24H,5-11H2,1-4H3/t12-,14+,15-,16+,17+,18+,19-,20+,21-,22+/m1/s1. The Morgan fingerprint density at radius 3 is 2.60 bits per heavy atom. The van der Waals surface area contributed by atoms with E-state index in [0.29, 0.717) is 29.6 Å². The topological polar surface area (TPSA) is 49.8 Å². The van der Waals surface area contributed by atoms with E-state index in [9.17, 15) is 9.90 Å². The Bertz CT molecular complexity index is 616. The molecule has 10 atom stereocenters. The van der Waals surface area contributed by atoms with Crippen molar-refractivity contribution in [1.82, 2.24) is 0 Å². The molecule has 1 N–H and O–H groups in total. The van der Waals surface area contributed by atoms with Gasteiger partial charge in [-0.2, -0.15) is 0 Å². The maximum atomic E-state index is 12.4. The Labute approximate surface area is 151 Å². The largest absolute Gasteiger partial charge is 0.393 e. The van der Waals surface area contributed by atoms with E-state index in [1.165, 1.54) is 25.7 Å². The summed E-state index contributed by atoms with van der Waals surface area (Å²) in [6.07, 6.45) is 7.94. The highest BCUT2D eigenvalue weighted by molar-refractivity contribution is 5.80. The number of Topliss-reactive ketones (excluding diaryl/α,β-unsaturated/α-hetero) is 1. The Kier molecular flexibility index (Phi) is 3.28. The minimum Gasteiger partial charge on any atom is -0.393 e. The fraction of sp³-hybridized carbons (Fsp3) is 0.955. The smallest absolute Gasteiger partial charge is 0.133 e. The van der Waals surface area contributed by atoms with Crippen molar-refractivity contribution >= 4 is 5.78 Å². The summed E-state index contributed by atoms with van der Waals surface area (Å²) in [6.45, 7) is 9.02. The van der Waals surface area contributed by atoms with Gasteiger partial charge in [0.1, 0.15) is 11.4 Å². The lowest BCUT2D eigenvalue weighted by Crippen LogP contribution is -2.58. The molecule has 0 bridgehead atoms. The SMILES string of the molecule is CC(=O)[C@H]1[C@H](C)C[C@H]2[C@@H]3C[C@@H]4O[C@@]45C[C@@H](O)CC[C@]5(C)[C@H]3CC[C@@]21C. The minimum atomic E-state index is -0.169. The van der Waals surface area contributed by atoms with Gasteiger partial charge >= 0.3 is 0 Å². The molecule has 4 aliphatic carbocycles. The van der Waals surface area contributed by atoms with Gasteiger partial charge in [-0.1, -0.05) is 20.8 Å². The summed E-state index contributed by atoms with van der Waals surface area (Å²) in [4.78, 5) is 12.4. The quantitative estimate of drug-likeness (QED) is 0.731. The van der Waals surface area contributed by atoms with E-state index in [0.717, 1.165) is 25.2 Å². The summed E-state index contributed by atoms with van der Waals surface area (Å²) in [5.74, 6) is 3.31. The average Bonchev–Trinajstić information content (AvgIpc) is 3.13. The lowest BCUT2D eigenvalue weighted by molar-refractivity contribution is -0.134. The van der Waals surface area contributed by atoms with Crippen LogP contribution in [0.25, 0.3) is 0 Å². The van der Waals surface area contributed by atoms with Crippen molar-refractivity contribution < 1.29 is 14.6 Å². The molecule has 1 aliphatic heterocycles. The summed E-state index contributed by atoms with van der Waals surface area (Å²) >= 11 is 0. The third kappa shape index (κ3) is 1.87. The monoisotopic (exact) mass is 346 g/mol. The van der Waals surface area contributed by atoms with Crippen LogP contribution in [0.4, 0.5) is 0 Å². The third-order valence-corrected chi connectivity index (χ3v) is 9.84. The molecule has 1 heterocycles. The molecule has 3 nitrogen and oxygen atoms in total. The van der Waals surface area contributed by atoms with E-state index in [-0.39, 0.29) is 28.5 Å². The lowest BCUT2D eigenvalue weighted by Gasteiger charge is -2.59. The fourth-order valence-electron chi connectivity index (χ4n) is 8.89. The summed E-state index contributed by atoms with van der Waals surface area (Å²) in [5.41, 5.74) is 0.411. The number of carbonyl (C=O) groups is 1. The molecule has 25 heavy (non-hydrogen) atoms. The molecule has 5 rings (SSSR count). The Hall–Kier alpha value is -0.410. The second-order valence-electron chi connectivity index (χ2n) is 10.8. The van der Waals surface area contributed by atoms with E-state index in [1.807, 2.05) is 6.92 Å². The number of hydrogen-bond acceptors (Lipinski definition) is 3. The fourth-order valence-corrected chi connectivity index (χ4v) is 8.89. The lowest BCUT2D eigenvalue weighted by atomic mass is 9.44. The molecule has 1 spiro atoms. The molecule has 5 fully saturated rings. The van der Waals surface area contributed by atoms with Gasteiger partial charge in [-0.25, -0.2) is 0 Å². The van der Waals surface area contributed by atoms with E-state index < -0.39 is 0 Å². The molecule has 0 aromatic heterocycles. The van der Waals surface area contributed by atoms with Crippen LogP contribution in [0.15, 0.2) is 0 Å². The van der Waals surface area contributed by atoms with Crippen molar-refractivity contribution in [3.8, 4) is 0 Å². The molecule has 0 aromatic rings. The number of epoxide rings is 1. The zero-order chi connectivity index (χ0) is 17.8. The molecule has 140 valence electrons. The third-order valence-electron chi connectivity index (χ3n) is 9.84. The number of aliphatic hydroxyl groups is 1. The average molecular weight is 347 g/mol.